The highest BCUT2D eigenvalue weighted by Crippen LogP contribution is 2.26. The van der Waals surface area contributed by atoms with E-state index in [1.807, 2.05) is 0 Å². The fraction of sp³-hybridized carbons (Fsp3) is 0.500. The van der Waals surface area contributed by atoms with Crippen LogP contribution in [-0.4, -0.2) is 38.9 Å². The molecule has 2 unspecified atom stereocenters. The number of phenols is 2. The van der Waals surface area contributed by atoms with Crippen LogP contribution in [-0.2, 0) is 16.0 Å². The van der Waals surface area contributed by atoms with Gasteiger partial charge in [-0.2, -0.15) is 0 Å². The lowest BCUT2D eigenvalue weighted by Crippen LogP contribution is -2.50. The second kappa shape index (κ2) is 7.80. The summed E-state index contributed by atoms with van der Waals surface area (Å²) in [6.07, 6.45) is 0.294. The maximum absolute atomic E-state index is 14.5. The quantitative estimate of drug-likeness (QED) is 0.547. The SMILES string of the molecule is CCCC(F)(CC)C(=O)NC(Cc1ccc(O)c(O)c1)C(=O)O. The molecule has 1 rings (SSSR count). The Morgan fingerprint density at radius 2 is 1.91 bits per heavy atom. The number of phenolic OH excluding ortho intramolecular Hbond substituents is 2. The van der Waals surface area contributed by atoms with Gasteiger partial charge in [0.05, 0.1) is 0 Å². The van der Waals surface area contributed by atoms with E-state index in [0.29, 0.717) is 12.0 Å². The van der Waals surface area contributed by atoms with Gasteiger partial charge in [-0.25, -0.2) is 9.18 Å². The summed E-state index contributed by atoms with van der Waals surface area (Å²) >= 11 is 0. The van der Waals surface area contributed by atoms with E-state index < -0.39 is 29.3 Å². The molecule has 0 fully saturated rings. The Kier molecular flexibility index (Phi) is 6.36. The summed E-state index contributed by atoms with van der Waals surface area (Å²) in [7, 11) is 0. The number of benzene rings is 1. The van der Waals surface area contributed by atoms with Crippen molar-refractivity contribution in [2.24, 2.45) is 0 Å². The van der Waals surface area contributed by atoms with Gasteiger partial charge in [-0.15, -0.1) is 0 Å². The van der Waals surface area contributed by atoms with Crippen molar-refractivity contribution in [1.82, 2.24) is 5.32 Å². The maximum Gasteiger partial charge on any atom is 0.326 e. The van der Waals surface area contributed by atoms with E-state index in [-0.39, 0.29) is 25.0 Å². The molecule has 0 aliphatic carbocycles. The van der Waals surface area contributed by atoms with Gasteiger partial charge in [0, 0.05) is 6.42 Å². The maximum atomic E-state index is 14.5. The molecule has 0 radical (unpaired) electrons. The Hall–Kier alpha value is -2.31. The lowest BCUT2D eigenvalue weighted by molar-refractivity contribution is -0.144. The third-order valence-corrected chi connectivity index (χ3v) is 3.70. The van der Waals surface area contributed by atoms with Crippen molar-refractivity contribution < 1.29 is 29.3 Å². The van der Waals surface area contributed by atoms with Gasteiger partial charge < -0.3 is 20.6 Å². The van der Waals surface area contributed by atoms with Gasteiger partial charge in [-0.1, -0.05) is 26.3 Å². The van der Waals surface area contributed by atoms with E-state index in [4.69, 9.17) is 0 Å². The molecule has 1 amide bonds. The summed E-state index contributed by atoms with van der Waals surface area (Å²) in [4.78, 5) is 23.4. The van der Waals surface area contributed by atoms with E-state index >= 15 is 0 Å². The zero-order chi connectivity index (χ0) is 17.6. The number of aliphatic carboxylic acids is 1. The van der Waals surface area contributed by atoms with E-state index in [0.717, 1.165) is 0 Å². The molecular formula is C16H22FNO5. The fourth-order valence-corrected chi connectivity index (χ4v) is 2.27. The van der Waals surface area contributed by atoms with Crippen molar-refractivity contribution in [3.8, 4) is 11.5 Å². The van der Waals surface area contributed by atoms with Crippen LogP contribution in [0.25, 0.3) is 0 Å². The van der Waals surface area contributed by atoms with Crippen molar-refractivity contribution in [3.63, 3.8) is 0 Å². The number of carbonyl (C=O) groups is 2. The van der Waals surface area contributed by atoms with Crippen molar-refractivity contribution in [2.45, 2.75) is 51.2 Å². The summed E-state index contributed by atoms with van der Waals surface area (Å²) < 4.78 is 14.5. The van der Waals surface area contributed by atoms with Crippen molar-refractivity contribution in [3.05, 3.63) is 23.8 Å². The molecule has 6 nitrogen and oxygen atoms in total. The molecule has 0 aliphatic rings. The molecule has 7 heteroatoms. The first kappa shape index (κ1) is 18.7. The van der Waals surface area contributed by atoms with Crippen LogP contribution in [0, 0.1) is 0 Å². The second-order valence-corrected chi connectivity index (χ2v) is 5.46. The van der Waals surface area contributed by atoms with E-state index in [1.54, 1.807) is 6.92 Å². The van der Waals surface area contributed by atoms with Gasteiger partial charge in [-0.3, -0.25) is 4.79 Å². The minimum atomic E-state index is -2.10. The van der Waals surface area contributed by atoms with Gasteiger partial charge >= 0.3 is 5.97 Å². The van der Waals surface area contributed by atoms with E-state index in [1.165, 1.54) is 25.1 Å². The van der Waals surface area contributed by atoms with Crippen LogP contribution in [0.4, 0.5) is 4.39 Å². The average Bonchev–Trinajstić information content (AvgIpc) is 2.50. The number of rotatable bonds is 8. The molecule has 0 saturated carbocycles. The number of halogens is 1. The molecule has 0 aliphatic heterocycles. The number of alkyl halides is 1. The van der Waals surface area contributed by atoms with Crippen LogP contribution in [0.1, 0.15) is 38.7 Å². The van der Waals surface area contributed by atoms with E-state index in [2.05, 4.69) is 5.32 Å². The third-order valence-electron chi connectivity index (χ3n) is 3.70. The summed E-state index contributed by atoms with van der Waals surface area (Å²) in [6.45, 7) is 3.27. The standard InChI is InChI=1S/C16H22FNO5/c1-3-7-16(17,4-2)15(23)18-11(14(21)22)8-10-5-6-12(19)13(20)9-10/h5-6,9,11,19-20H,3-4,7-8H2,1-2H3,(H,18,23)(H,21,22). The van der Waals surface area contributed by atoms with Crippen molar-refractivity contribution >= 4 is 11.9 Å². The number of hydrogen-bond donors (Lipinski definition) is 4. The second-order valence-electron chi connectivity index (χ2n) is 5.46. The zero-order valence-corrected chi connectivity index (χ0v) is 13.2. The lowest BCUT2D eigenvalue weighted by Gasteiger charge is -2.25. The van der Waals surface area contributed by atoms with Crippen LogP contribution in [0.2, 0.25) is 0 Å². The first-order valence-electron chi connectivity index (χ1n) is 7.47. The first-order valence-corrected chi connectivity index (χ1v) is 7.47. The average molecular weight is 327 g/mol. The minimum Gasteiger partial charge on any atom is -0.504 e. The Bertz CT molecular complexity index is 578. The number of hydrogen-bond acceptors (Lipinski definition) is 4. The summed E-state index contributed by atoms with van der Waals surface area (Å²) in [5.74, 6) is -2.98. The highest BCUT2D eigenvalue weighted by atomic mass is 19.1. The number of carbonyl (C=O) groups excluding carboxylic acids is 1. The van der Waals surface area contributed by atoms with Crippen LogP contribution in [0.5, 0.6) is 11.5 Å². The molecule has 0 bridgehead atoms. The molecule has 0 heterocycles. The number of carboxylic acids is 1. The van der Waals surface area contributed by atoms with E-state index in [9.17, 15) is 29.3 Å². The van der Waals surface area contributed by atoms with Crippen LogP contribution in [0.3, 0.4) is 0 Å². The van der Waals surface area contributed by atoms with Gasteiger partial charge in [0.15, 0.2) is 17.2 Å². The highest BCUT2D eigenvalue weighted by Gasteiger charge is 2.37. The molecule has 128 valence electrons. The predicted octanol–water partition coefficient (Wildman–Crippen LogP) is 2.13. The Balaban J connectivity index is 2.88. The summed E-state index contributed by atoms with van der Waals surface area (Å²) in [5, 5.41) is 30.1. The van der Waals surface area contributed by atoms with Crippen molar-refractivity contribution in [2.75, 3.05) is 0 Å². The zero-order valence-electron chi connectivity index (χ0n) is 13.2. The lowest BCUT2D eigenvalue weighted by atomic mass is 9.95. The van der Waals surface area contributed by atoms with Crippen LogP contribution in [0.15, 0.2) is 18.2 Å². The van der Waals surface area contributed by atoms with Gasteiger partial charge in [0.25, 0.3) is 5.91 Å². The minimum absolute atomic E-state index is 0.0155. The molecule has 2 atom stereocenters. The molecule has 1 aromatic carbocycles. The molecular weight excluding hydrogens is 305 g/mol. The number of aromatic hydroxyl groups is 2. The molecule has 0 aromatic heterocycles. The van der Waals surface area contributed by atoms with Gasteiger partial charge in [-0.05, 0) is 30.5 Å². The Morgan fingerprint density at radius 3 is 2.39 bits per heavy atom. The molecule has 4 N–H and O–H groups in total. The van der Waals surface area contributed by atoms with Crippen LogP contribution < -0.4 is 5.32 Å². The molecule has 0 saturated heterocycles. The third kappa shape index (κ3) is 4.84. The monoisotopic (exact) mass is 327 g/mol. The Labute approximate surface area is 134 Å². The smallest absolute Gasteiger partial charge is 0.326 e. The Morgan fingerprint density at radius 1 is 1.26 bits per heavy atom. The predicted molar refractivity (Wildman–Crippen MR) is 82.1 cm³/mol. The molecule has 23 heavy (non-hydrogen) atoms. The summed E-state index contributed by atoms with van der Waals surface area (Å²) in [6, 6.07) is 2.51. The highest BCUT2D eigenvalue weighted by molar-refractivity contribution is 5.89. The van der Waals surface area contributed by atoms with Gasteiger partial charge in [0.2, 0.25) is 0 Å². The topological polar surface area (TPSA) is 107 Å². The summed E-state index contributed by atoms with van der Waals surface area (Å²) in [5.41, 5.74) is -1.70. The number of nitrogens with one attached hydrogen (secondary N) is 1. The van der Waals surface area contributed by atoms with Crippen molar-refractivity contribution in [1.29, 1.82) is 0 Å². The van der Waals surface area contributed by atoms with Gasteiger partial charge in [0.1, 0.15) is 6.04 Å². The first-order chi connectivity index (χ1) is 10.7. The van der Waals surface area contributed by atoms with Crippen LogP contribution >= 0.6 is 0 Å². The molecule has 1 aromatic rings. The largest absolute Gasteiger partial charge is 0.504 e. The molecule has 0 spiro atoms. The normalized spacial score (nSPS) is 14.7. The number of amides is 1. The fourth-order valence-electron chi connectivity index (χ4n) is 2.27. The number of carboxylic acid groups (broad SMARTS) is 1.